The van der Waals surface area contributed by atoms with Crippen molar-refractivity contribution in [2.75, 3.05) is 146 Å². The van der Waals surface area contributed by atoms with Crippen molar-refractivity contribution in [1.29, 1.82) is 5.26 Å². The van der Waals surface area contributed by atoms with Crippen molar-refractivity contribution in [3.05, 3.63) is 195 Å². The lowest BCUT2D eigenvalue weighted by atomic mass is 9.92. The second kappa shape index (κ2) is 42.7. The molecule has 762 valence electrons. The number of carbonyl (C=O) groups excluding carboxylic acids is 5. The molecule has 0 radical (unpaired) electrons. The van der Waals surface area contributed by atoms with Gasteiger partial charge in [0.15, 0.2) is 23.3 Å². The lowest BCUT2D eigenvalue weighted by Crippen LogP contribution is -2.42. The highest BCUT2D eigenvalue weighted by atomic mass is 19.3. The van der Waals surface area contributed by atoms with Gasteiger partial charge in [-0.25, -0.2) is 13.6 Å². The number of aromatic nitrogens is 16. The van der Waals surface area contributed by atoms with Gasteiger partial charge in [-0.3, -0.25) is 67.2 Å². The molecular weight excluding hydrogens is 1860 g/mol. The molecule has 2 N–H and O–H groups in total. The molecule has 0 aliphatic carbocycles. The first kappa shape index (κ1) is 97.7. The molecule has 0 unspecified atom stereocenters. The average Bonchev–Trinajstić information content (AvgIpc) is 1.61. The molecule has 0 saturated carbocycles. The summed E-state index contributed by atoms with van der Waals surface area (Å²) in [6, 6.07) is 22.8. The minimum Gasteiger partial charge on any atom is -0.490 e. The van der Waals surface area contributed by atoms with Crippen LogP contribution in [0.2, 0.25) is 0 Å². The summed E-state index contributed by atoms with van der Waals surface area (Å²) in [5.74, 6) is 4.09. The fourth-order valence-corrected chi connectivity index (χ4v) is 22.9. The Morgan fingerprint density at radius 3 is 1.26 bits per heavy atom. The third kappa shape index (κ3) is 19.7. The lowest BCUT2D eigenvalue weighted by molar-refractivity contribution is -0.130. The molecule has 37 nitrogen and oxygen atoms in total. The molecule has 0 bridgehead atoms. The number of ether oxygens (including phenoxy) is 5. The van der Waals surface area contributed by atoms with E-state index in [2.05, 4.69) is 88.5 Å². The van der Waals surface area contributed by atoms with Gasteiger partial charge in [0.25, 0.3) is 12.3 Å². The number of hydrogen-bond acceptors (Lipinski definition) is 25. The van der Waals surface area contributed by atoms with E-state index in [4.69, 9.17) is 54.0 Å². The number of benzene rings is 2. The van der Waals surface area contributed by atoms with Crippen molar-refractivity contribution >= 4 is 75.7 Å². The van der Waals surface area contributed by atoms with Gasteiger partial charge in [0, 0.05) is 288 Å². The van der Waals surface area contributed by atoms with E-state index in [1.807, 2.05) is 86.8 Å². The van der Waals surface area contributed by atoms with E-state index in [0.29, 0.717) is 130 Å². The van der Waals surface area contributed by atoms with Gasteiger partial charge in [-0.05, 0) is 167 Å². The van der Waals surface area contributed by atoms with Crippen LogP contribution in [0.25, 0.3) is 44.8 Å². The highest BCUT2D eigenvalue weighted by Gasteiger charge is 2.42. The quantitative estimate of drug-likeness (QED) is 0.102. The van der Waals surface area contributed by atoms with Gasteiger partial charge in [0.2, 0.25) is 17.7 Å². The van der Waals surface area contributed by atoms with E-state index >= 15 is 0 Å². The second-order valence-electron chi connectivity index (χ2n) is 39.5. The number of anilines is 8. The summed E-state index contributed by atoms with van der Waals surface area (Å²) < 4.78 is 69.3. The molecule has 39 heteroatoms. The Kier molecular flexibility index (Phi) is 28.6. The number of carbonyl (C=O) groups is 5. The van der Waals surface area contributed by atoms with E-state index in [1.54, 1.807) is 88.2 Å². The highest BCUT2D eigenvalue weighted by Crippen LogP contribution is 2.50. The maximum absolute atomic E-state index is 14.3. The van der Waals surface area contributed by atoms with Crippen LogP contribution in [0, 0.1) is 11.3 Å². The summed E-state index contributed by atoms with van der Waals surface area (Å²) >= 11 is 0. The van der Waals surface area contributed by atoms with Crippen LogP contribution in [0.4, 0.5) is 59.6 Å². The van der Waals surface area contributed by atoms with Gasteiger partial charge in [0.1, 0.15) is 18.1 Å². The molecule has 12 aromatic rings. The van der Waals surface area contributed by atoms with Crippen LogP contribution in [0.1, 0.15) is 205 Å². The minimum absolute atomic E-state index is 0.0129. The SMILES string of the molecule is CC(=O)N1CCc2c(c(N3CCCc4cc(-c5cccnc5)c(C#N)cc43)nn2C2CCOCC2)C1.CC(=O)N1CCc2c(c(N3CCOc4cc(-c5cnn(C)c5)c(C(F)F)cc43)nn2C2CCOCC2)C1.CNC(=O)N1CCc2c(c(N3CCCc4cc(-c5cnn(C)c5)ncc43)nn2C2CCOCC2)C1.CNC(=O)c1ccc(-c2cc3c(cn2)N(c2nn(C4CCOCC4)c4c2CN(C(C)=O)CC4)CCC3)cn1. The number of nitrogens with one attached hydrogen (secondary N) is 2. The molecular formula is C107H125F2N27O10. The first-order valence-corrected chi connectivity index (χ1v) is 51.5. The standard InChI is InChI=1S/C28H33N7O3.C28H30N6O2.C26H30F2N6O3.C25H32N8O2/c1-18(36)33-11-7-25-22(17-33)27(32-35(25)21-8-12-38-13-9-21)34-10-3-4-19-14-24(31-16-26(19)34)20-5-6-23(30-15-20)28(37)29-2;1-19(35)32-11-6-26-25(18-32)28(31-34(26)23-7-12-36-13-8-23)33-10-3-5-20-14-24(21-4-2-9-30-17-21)22(16-29)15-27(20)33;1-16(35)32-6-3-22-21(15-32)26(30-34(22)18-4-8-36-9-5-18)33-7-10-37-24-12-19(17-13-29-31(2)14-17)20(25(27)28)11-23(24)33;1-26-25(34)31-9-5-22-20(16-31)24(29-33(22)19-6-10-35-11-7-19)32-8-3-4-17-12-21(27-14-23(17)32)18-13-28-30(2)15-18/h5-6,14-16,21H,3-4,7-13,17H2,1-2H3,(H,29,37);2,4,9,14-15,17,23H,3,5-8,10-13,18H2,1H3;11-14,18,25H,3-10,15H2,1-2H3;12-15,19H,3-11,16H2,1-2H3,(H,26,34). The summed E-state index contributed by atoms with van der Waals surface area (Å²) in [5.41, 5.74) is 24.3. The molecule has 2 aromatic carbocycles. The summed E-state index contributed by atoms with van der Waals surface area (Å²) in [6.45, 7) is 19.2. The third-order valence-electron chi connectivity index (χ3n) is 30.6. The number of rotatable bonds is 14. The summed E-state index contributed by atoms with van der Waals surface area (Å²) in [4.78, 5) is 95.7. The van der Waals surface area contributed by atoms with Crippen LogP contribution in [0.15, 0.2) is 116 Å². The number of nitrogens with zero attached hydrogens (tertiary/aromatic N) is 25. The number of aryl methyl sites for hydroxylation is 5. The second-order valence-corrected chi connectivity index (χ2v) is 39.5. The summed E-state index contributed by atoms with van der Waals surface area (Å²) in [6.07, 6.45) is 30.2. The minimum atomic E-state index is -2.67. The van der Waals surface area contributed by atoms with Crippen LogP contribution in [-0.4, -0.2) is 254 Å². The van der Waals surface area contributed by atoms with Crippen molar-refractivity contribution in [3.63, 3.8) is 0 Å². The molecule has 12 aliphatic heterocycles. The van der Waals surface area contributed by atoms with E-state index in [-0.39, 0.29) is 41.3 Å². The molecule has 4 fully saturated rings. The van der Waals surface area contributed by atoms with Gasteiger partial charge in [-0.15, -0.1) is 0 Å². The normalized spacial score (nSPS) is 18.0. The van der Waals surface area contributed by atoms with Crippen LogP contribution < -0.4 is 35.0 Å². The van der Waals surface area contributed by atoms with Gasteiger partial charge >= 0.3 is 6.03 Å². The summed E-state index contributed by atoms with van der Waals surface area (Å²) in [5, 5.41) is 44.6. The predicted molar refractivity (Wildman–Crippen MR) is 542 cm³/mol. The zero-order valence-corrected chi connectivity index (χ0v) is 84.0. The molecule has 4 saturated heterocycles. The van der Waals surface area contributed by atoms with Crippen molar-refractivity contribution in [1.82, 2.24) is 109 Å². The number of urea groups is 1. The molecule has 22 heterocycles. The van der Waals surface area contributed by atoms with Crippen molar-refractivity contribution < 1.29 is 56.4 Å². The van der Waals surface area contributed by atoms with Crippen molar-refractivity contribution in [2.24, 2.45) is 14.1 Å². The van der Waals surface area contributed by atoms with Gasteiger partial charge in [-0.2, -0.15) is 35.9 Å². The number of pyridine rings is 4. The van der Waals surface area contributed by atoms with Crippen LogP contribution in [0.5, 0.6) is 5.75 Å². The fourth-order valence-electron chi connectivity index (χ4n) is 22.9. The Hall–Kier alpha value is -14.4. The van der Waals surface area contributed by atoms with Crippen molar-refractivity contribution in [2.45, 2.75) is 193 Å². The number of hydrogen-bond donors (Lipinski definition) is 2. The predicted octanol–water partition coefficient (Wildman–Crippen LogP) is 14.0. The molecule has 6 amide bonds. The lowest BCUT2D eigenvalue weighted by Gasteiger charge is -2.33. The number of halogens is 2. The van der Waals surface area contributed by atoms with Gasteiger partial charge in [0.05, 0.1) is 122 Å². The van der Waals surface area contributed by atoms with E-state index in [1.165, 1.54) is 39.8 Å². The molecule has 10 aromatic heterocycles. The van der Waals surface area contributed by atoms with Crippen LogP contribution >= 0.6 is 0 Å². The van der Waals surface area contributed by atoms with Crippen LogP contribution in [0.3, 0.4) is 0 Å². The zero-order chi connectivity index (χ0) is 100. The zero-order valence-electron chi connectivity index (χ0n) is 84.0. The Morgan fingerprint density at radius 1 is 0.425 bits per heavy atom. The van der Waals surface area contributed by atoms with E-state index in [0.717, 1.165) is 278 Å². The third-order valence-corrected chi connectivity index (χ3v) is 30.6. The molecule has 12 aliphatic rings. The van der Waals surface area contributed by atoms with Crippen LogP contribution in [-0.2, 0) is 119 Å². The number of fused-ring (bicyclic) bond motifs is 8. The number of amides is 6. The topological polar surface area (TPSA) is 364 Å². The van der Waals surface area contributed by atoms with Crippen molar-refractivity contribution in [3.8, 4) is 56.6 Å². The maximum Gasteiger partial charge on any atom is 0.317 e. The maximum atomic E-state index is 14.3. The largest absolute Gasteiger partial charge is 0.490 e. The average molecular weight is 1990 g/mol. The Labute approximate surface area is 846 Å². The van der Waals surface area contributed by atoms with E-state index in [9.17, 15) is 38.0 Å². The number of nitriles is 1. The first-order chi connectivity index (χ1) is 71.2. The monoisotopic (exact) mass is 1990 g/mol. The Bertz CT molecular complexity index is 6900. The highest BCUT2D eigenvalue weighted by molar-refractivity contribution is 5.92. The smallest absolute Gasteiger partial charge is 0.317 e. The molecule has 146 heavy (non-hydrogen) atoms. The van der Waals surface area contributed by atoms with E-state index < -0.39 is 6.43 Å². The Morgan fingerprint density at radius 2 is 0.856 bits per heavy atom. The number of alkyl halides is 2. The fraction of sp³-hybridized carbons (Fsp3) is 0.477. The molecule has 24 rings (SSSR count). The Balaban J connectivity index is 0.000000114. The molecule has 0 spiro atoms. The summed E-state index contributed by atoms with van der Waals surface area (Å²) in [7, 11) is 6.96. The van der Waals surface area contributed by atoms with Gasteiger partial charge in [-0.1, -0.05) is 6.07 Å². The van der Waals surface area contributed by atoms with Gasteiger partial charge < -0.3 is 73.5 Å². The first-order valence-electron chi connectivity index (χ1n) is 51.5. The molecule has 0 atom stereocenters.